The molecule has 4 rings (SSSR count). The van der Waals surface area contributed by atoms with Crippen LogP contribution in [0.25, 0.3) is 11.2 Å². The van der Waals surface area contributed by atoms with E-state index in [0.29, 0.717) is 52.3 Å². The van der Waals surface area contributed by atoms with Crippen molar-refractivity contribution in [2.75, 3.05) is 12.3 Å². The first kappa shape index (κ1) is 23.4. The molecule has 1 aliphatic rings. The summed E-state index contributed by atoms with van der Waals surface area (Å²) in [5.41, 5.74) is 8.21. The van der Waals surface area contributed by atoms with Crippen molar-refractivity contribution in [1.29, 1.82) is 0 Å². The number of nitrogens with two attached hydrogens (primary N) is 1. The number of nitrogens with one attached hydrogen (secondary N) is 1. The Morgan fingerprint density at radius 3 is 2.88 bits per heavy atom. The van der Waals surface area contributed by atoms with E-state index in [-0.39, 0.29) is 5.91 Å². The van der Waals surface area contributed by atoms with Crippen molar-refractivity contribution in [3.05, 3.63) is 53.1 Å². The summed E-state index contributed by atoms with van der Waals surface area (Å²) in [6.07, 6.45) is 8.61. The number of imidazole rings is 1. The molecular weight excluding hydrogens is 452 g/mol. The van der Waals surface area contributed by atoms with E-state index in [4.69, 9.17) is 21.6 Å². The summed E-state index contributed by atoms with van der Waals surface area (Å²) >= 11 is 1.30. The zero-order valence-electron chi connectivity index (χ0n) is 19.2. The minimum absolute atomic E-state index is 0.00380. The molecule has 3 heterocycles. The van der Waals surface area contributed by atoms with Gasteiger partial charge in [0.25, 0.3) is 6.29 Å². The van der Waals surface area contributed by atoms with Crippen molar-refractivity contribution < 1.29 is 14.3 Å². The molecule has 1 unspecified atom stereocenters. The second-order valence-electron chi connectivity index (χ2n) is 8.69. The molecular formula is C24H26N6O3S. The summed E-state index contributed by atoms with van der Waals surface area (Å²) in [4.78, 5) is 25.2. The summed E-state index contributed by atoms with van der Waals surface area (Å²) in [6, 6.07) is 7.47. The first-order valence-electron chi connectivity index (χ1n) is 10.8. The first-order chi connectivity index (χ1) is 16.3. The minimum atomic E-state index is -0.634. The van der Waals surface area contributed by atoms with E-state index in [2.05, 4.69) is 26.2 Å². The maximum atomic E-state index is 12.2. The number of rotatable bonds is 7. The van der Waals surface area contributed by atoms with Crippen LogP contribution in [0.2, 0.25) is 0 Å². The Hall–Kier alpha value is -3.71. The number of amides is 1. The third-order valence-corrected chi connectivity index (χ3v) is 6.01. The van der Waals surface area contributed by atoms with E-state index in [1.54, 1.807) is 6.26 Å². The highest BCUT2D eigenvalue weighted by Crippen LogP contribution is 2.39. The van der Waals surface area contributed by atoms with Crippen LogP contribution in [-0.4, -0.2) is 32.0 Å². The molecule has 10 heteroatoms. The molecule has 3 aromatic rings. The summed E-state index contributed by atoms with van der Waals surface area (Å²) in [5, 5.41) is 4.12. The lowest BCUT2D eigenvalue weighted by Gasteiger charge is -2.17. The molecule has 176 valence electrons. The van der Waals surface area contributed by atoms with Crippen LogP contribution in [0.4, 0.5) is 5.82 Å². The number of benzene rings is 1. The van der Waals surface area contributed by atoms with Crippen LogP contribution in [0.1, 0.15) is 44.6 Å². The molecule has 9 nitrogen and oxygen atoms in total. The molecule has 0 aliphatic carbocycles. The predicted octanol–water partition coefficient (Wildman–Crippen LogP) is 3.58. The van der Waals surface area contributed by atoms with Crippen LogP contribution in [0.3, 0.4) is 0 Å². The molecule has 0 saturated heterocycles. The van der Waals surface area contributed by atoms with Crippen LogP contribution in [-0.2, 0) is 20.8 Å². The maximum absolute atomic E-state index is 12.2. The molecule has 0 fully saturated rings. The van der Waals surface area contributed by atoms with Gasteiger partial charge in [-0.25, -0.2) is 15.0 Å². The van der Waals surface area contributed by atoms with Gasteiger partial charge >= 0.3 is 0 Å². The molecule has 1 atom stereocenters. The number of carbonyl (C=O) groups excluding carboxylic acids is 1. The van der Waals surface area contributed by atoms with Crippen LogP contribution < -0.4 is 11.1 Å². The third kappa shape index (κ3) is 4.94. The van der Waals surface area contributed by atoms with Gasteiger partial charge in [-0.15, -0.1) is 6.42 Å². The van der Waals surface area contributed by atoms with Crippen molar-refractivity contribution in [3.63, 3.8) is 0 Å². The number of ether oxygens (including phenoxy) is 2. The molecule has 0 spiro atoms. The highest BCUT2D eigenvalue weighted by atomic mass is 32.2. The lowest BCUT2D eigenvalue weighted by Crippen LogP contribution is -2.35. The Balaban J connectivity index is 1.49. The third-order valence-electron chi connectivity index (χ3n) is 5.12. The molecule has 1 aliphatic heterocycles. The highest BCUT2D eigenvalue weighted by Gasteiger charge is 2.27. The number of nitrogens with zero attached hydrogens (tertiary/aromatic N) is 4. The number of hydrogen-bond acceptors (Lipinski definition) is 8. The fourth-order valence-corrected chi connectivity index (χ4v) is 4.15. The standard InChI is InChI=1S/C24H26N6O3S/c1-5-15-9-6-7-10-16(15)21-32-13-17(33-21)34-23-29-18-19(25)27-14-28-20(18)30(23)12-8-11-26-22(31)24(2,3)4/h1,6-7,9-10,13-14,21H,8,11-12H2,2-4H3,(H,26,31)(H2,25,27,28). The molecule has 0 radical (unpaired) electrons. The van der Waals surface area contributed by atoms with Crippen molar-refractivity contribution in [3.8, 4) is 12.3 Å². The fraction of sp³-hybridized carbons (Fsp3) is 0.333. The monoisotopic (exact) mass is 478 g/mol. The van der Waals surface area contributed by atoms with Gasteiger partial charge in [-0.2, -0.15) is 0 Å². The lowest BCUT2D eigenvalue weighted by atomic mass is 9.96. The number of carbonyl (C=O) groups is 1. The van der Waals surface area contributed by atoms with Gasteiger partial charge in [0.2, 0.25) is 11.0 Å². The Morgan fingerprint density at radius 1 is 1.32 bits per heavy atom. The van der Waals surface area contributed by atoms with Crippen molar-refractivity contribution >= 4 is 34.7 Å². The van der Waals surface area contributed by atoms with E-state index < -0.39 is 11.7 Å². The van der Waals surface area contributed by atoms with Gasteiger partial charge in [0.1, 0.15) is 12.6 Å². The van der Waals surface area contributed by atoms with E-state index >= 15 is 0 Å². The first-order valence-corrected chi connectivity index (χ1v) is 11.6. The fourth-order valence-electron chi connectivity index (χ4n) is 3.30. The van der Waals surface area contributed by atoms with E-state index in [1.807, 2.05) is 49.6 Å². The Kier molecular flexibility index (Phi) is 6.65. The quantitative estimate of drug-likeness (QED) is 0.391. The van der Waals surface area contributed by atoms with E-state index in [1.165, 1.54) is 18.1 Å². The molecule has 1 amide bonds. The lowest BCUT2D eigenvalue weighted by molar-refractivity contribution is -0.128. The van der Waals surface area contributed by atoms with Gasteiger partial charge < -0.3 is 25.1 Å². The van der Waals surface area contributed by atoms with Crippen molar-refractivity contribution in [2.45, 2.75) is 45.2 Å². The zero-order valence-corrected chi connectivity index (χ0v) is 20.1. The second kappa shape index (κ2) is 9.65. The number of aromatic nitrogens is 4. The Bertz CT molecular complexity index is 1290. The second-order valence-corrected chi connectivity index (χ2v) is 9.66. The molecule has 0 bridgehead atoms. The van der Waals surface area contributed by atoms with E-state index in [0.717, 1.165) is 5.56 Å². The van der Waals surface area contributed by atoms with Gasteiger partial charge in [-0.05, 0) is 24.2 Å². The zero-order chi connectivity index (χ0) is 24.3. The molecule has 3 N–H and O–H groups in total. The van der Waals surface area contributed by atoms with Crippen LogP contribution in [0, 0.1) is 17.8 Å². The normalized spacial score (nSPS) is 15.4. The average molecular weight is 479 g/mol. The predicted molar refractivity (Wildman–Crippen MR) is 130 cm³/mol. The number of aryl methyl sites for hydroxylation is 1. The summed E-state index contributed by atoms with van der Waals surface area (Å²) in [6.45, 7) is 6.73. The van der Waals surface area contributed by atoms with Gasteiger partial charge in [0.05, 0.1) is 0 Å². The SMILES string of the molecule is C#Cc1ccccc1C1OC=C(Sc2nc3c(N)ncnc3n2CCCNC(=O)C(C)(C)C)O1. The summed E-state index contributed by atoms with van der Waals surface area (Å²) < 4.78 is 13.7. The summed E-state index contributed by atoms with van der Waals surface area (Å²) in [5.74, 6) is 2.95. The number of terminal acetylenes is 1. The van der Waals surface area contributed by atoms with Gasteiger partial charge in [-0.3, -0.25) is 4.79 Å². The minimum Gasteiger partial charge on any atom is -0.454 e. The van der Waals surface area contributed by atoms with Crippen LogP contribution >= 0.6 is 11.8 Å². The Morgan fingerprint density at radius 2 is 2.12 bits per heavy atom. The number of fused-ring (bicyclic) bond motifs is 1. The molecule has 0 saturated carbocycles. The van der Waals surface area contributed by atoms with E-state index in [9.17, 15) is 4.79 Å². The Labute approximate surface area is 202 Å². The number of anilines is 1. The number of nitrogen functional groups attached to an aromatic ring is 1. The molecule has 34 heavy (non-hydrogen) atoms. The summed E-state index contributed by atoms with van der Waals surface area (Å²) in [7, 11) is 0. The average Bonchev–Trinajstić information content (AvgIpc) is 3.41. The van der Waals surface area contributed by atoms with Crippen molar-refractivity contribution in [1.82, 2.24) is 24.8 Å². The largest absolute Gasteiger partial charge is 0.454 e. The van der Waals surface area contributed by atoms with Crippen molar-refractivity contribution in [2.24, 2.45) is 5.41 Å². The maximum Gasteiger partial charge on any atom is 0.269 e. The van der Waals surface area contributed by atoms with Crippen LogP contribution in [0.5, 0.6) is 0 Å². The number of hydrogen-bond donors (Lipinski definition) is 2. The number of thioether (sulfide) groups is 1. The molecule has 1 aromatic carbocycles. The topological polar surface area (TPSA) is 117 Å². The highest BCUT2D eigenvalue weighted by molar-refractivity contribution is 8.02. The molecule has 2 aromatic heterocycles. The van der Waals surface area contributed by atoms with Gasteiger partial charge in [0, 0.05) is 29.6 Å². The van der Waals surface area contributed by atoms with Crippen LogP contribution in [0.15, 0.2) is 47.1 Å². The van der Waals surface area contributed by atoms with Gasteiger partial charge in [0.15, 0.2) is 22.1 Å². The smallest absolute Gasteiger partial charge is 0.269 e. The van der Waals surface area contributed by atoms with Gasteiger partial charge in [-0.1, -0.05) is 44.9 Å².